The van der Waals surface area contributed by atoms with Crippen LogP contribution in [0.1, 0.15) is 50.0 Å². The van der Waals surface area contributed by atoms with Gasteiger partial charge in [-0.05, 0) is 37.7 Å². The highest BCUT2D eigenvalue weighted by Gasteiger charge is 2.28. The Labute approximate surface area is 134 Å². The Hall–Kier alpha value is -2.24. The van der Waals surface area contributed by atoms with Gasteiger partial charge in [-0.25, -0.2) is 4.98 Å². The highest BCUT2D eigenvalue weighted by Crippen LogP contribution is 2.28. The summed E-state index contributed by atoms with van der Waals surface area (Å²) in [7, 11) is 0. The summed E-state index contributed by atoms with van der Waals surface area (Å²) in [4.78, 5) is 38.1. The predicted octanol–water partition coefficient (Wildman–Crippen LogP) is 1.74. The molecule has 2 aliphatic rings. The van der Waals surface area contributed by atoms with E-state index in [1.165, 1.54) is 0 Å². The van der Waals surface area contributed by atoms with Crippen LogP contribution in [0.25, 0.3) is 0 Å². The fourth-order valence-corrected chi connectivity index (χ4v) is 3.19. The van der Waals surface area contributed by atoms with Crippen LogP contribution in [0.5, 0.6) is 5.88 Å². The molecule has 6 nitrogen and oxygen atoms in total. The molecule has 1 aliphatic heterocycles. The molecule has 6 heteroatoms. The average molecular weight is 316 g/mol. The molecule has 3 rings (SSSR count). The number of carbonyl (C=O) groups excluding carboxylic acids is 3. The van der Waals surface area contributed by atoms with Gasteiger partial charge in [0.1, 0.15) is 12.4 Å². The molecule has 2 heterocycles. The summed E-state index contributed by atoms with van der Waals surface area (Å²) >= 11 is 0. The van der Waals surface area contributed by atoms with E-state index in [-0.39, 0.29) is 29.8 Å². The van der Waals surface area contributed by atoms with E-state index >= 15 is 0 Å². The van der Waals surface area contributed by atoms with Gasteiger partial charge in [0.25, 0.3) is 0 Å². The Balaban J connectivity index is 1.58. The van der Waals surface area contributed by atoms with Crippen LogP contribution in [0.4, 0.5) is 0 Å². The van der Waals surface area contributed by atoms with Crippen molar-refractivity contribution in [2.45, 2.75) is 50.5 Å². The van der Waals surface area contributed by atoms with Crippen molar-refractivity contribution < 1.29 is 19.1 Å². The number of amides is 2. The van der Waals surface area contributed by atoms with E-state index in [4.69, 9.17) is 4.74 Å². The summed E-state index contributed by atoms with van der Waals surface area (Å²) in [6.45, 7) is 0. The van der Waals surface area contributed by atoms with Crippen LogP contribution in [-0.2, 0) is 14.4 Å². The first-order valence-electron chi connectivity index (χ1n) is 8.07. The predicted molar refractivity (Wildman–Crippen MR) is 81.8 cm³/mol. The van der Waals surface area contributed by atoms with Crippen molar-refractivity contribution in [3.8, 4) is 5.88 Å². The van der Waals surface area contributed by atoms with Gasteiger partial charge in [-0.2, -0.15) is 0 Å². The standard InChI is InChI=1S/C17H20N2O4/c20-10-11-1-4-13(5-2-11)23-16-8-3-12(9-18-16)14-6-7-15(21)19-17(14)22/h3,8-11,13-14H,1-2,4-7H2,(H,19,21,22). The van der Waals surface area contributed by atoms with E-state index in [1.54, 1.807) is 12.3 Å². The molecule has 23 heavy (non-hydrogen) atoms. The Morgan fingerprint density at radius 2 is 1.91 bits per heavy atom. The van der Waals surface area contributed by atoms with Crippen molar-refractivity contribution in [3.05, 3.63) is 23.9 Å². The molecule has 1 unspecified atom stereocenters. The number of pyridine rings is 1. The van der Waals surface area contributed by atoms with Crippen molar-refractivity contribution >= 4 is 18.1 Å². The second kappa shape index (κ2) is 6.89. The van der Waals surface area contributed by atoms with Gasteiger partial charge in [-0.1, -0.05) is 6.07 Å². The maximum atomic E-state index is 11.8. The van der Waals surface area contributed by atoms with Crippen molar-refractivity contribution in [3.63, 3.8) is 0 Å². The monoisotopic (exact) mass is 316 g/mol. The van der Waals surface area contributed by atoms with Crippen molar-refractivity contribution in [1.29, 1.82) is 0 Å². The quantitative estimate of drug-likeness (QED) is 0.675. The number of hydrogen-bond acceptors (Lipinski definition) is 5. The zero-order valence-electron chi connectivity index (χ0n) is 12.9. The maximum absolute atomic E-state index is 11.8. The van der Waals surface area contributed by atoms with Crippen LogP contribution < -0.4 is 10.1 Å². The third kappa shape index (κ3) is 3.75. The van der Waals surface area contributed by atoms with Crippen molar-refractivity contribution in [1.82, 2.24) is 10.3 Å². The summed E-state index contributed by atoms with van der Waals surface area (Å²) in [5, 5.41) is 2.35. The lowest BCUT2D eigenvalue weighted by molar-refractivity contribution is -0.134. The number of aldehydes is 1. The van der Waals surface area contributed by atoms with Crippen LogP contribution in [0.2, 0.25) is 0 Å². The molecular formula is C17H20N2O4. The Kier molecular flexibility index (Phi) is 4.69. The number of imide groups is 1. The average Bonchev–Trinajstić information content (AvgIpc) is 2.57. The molecule has 1 aromatic heterocycles. The molecule has 0 spiro atoms. The molecule has 1 N–H and O–H groups in total. The van der Waals surface area contributed by atoms with Gasteiger partial charge in [-0.15, -0.1) is 0 Å². The smallest absolute Gasteiger partial charge is 0.234 e. The number of carbonyl (C=O) groups is 3. The highest BCUT2D eigenvalue weighted by atomic mass is 16.5. The zero-order chi connectivity index (χ0) is 16.2. The number of ether oxygens (including phenoxy) is 1. The molecule has 1 saturated heterocycles. The summed E-state index contributed by atoms with van der Waals surface area (Å²) in [6, 6.07) is 3.60. The van der Waals surface area contributed by atoms with Crippen molar-refractivity contribution in [2.24, 2.45) is 5.92 Å². The van der Waals surface area contributed by atoms with Crippen molar-refractivity contribution in [2.75, 3.05) is 0 Å². The fraction of sp³-hybridized carbons (Fsp3) is 0.529. The Morgan fingerprint density at radius 1 is 1.13 bits per heavy atom. The van der Waals surface area contributed by atoms with E-state index < -0.39 is 0 Å². The normalized spacial score (nSPS) is 28.1. The number of hydrogen-bond donors (Lipinski definition) is 1. The molecule has 1 atom stereocenters. The Bertz CT molecular complexity index is 591. The molecule has 0 bridgehead atoms. The molecule has 1 saturated carbocycles. The summed E-state index contributed by atoms with van der Waals surface area (Å²) in [5.41, 5.74) is 0.798. The van der Waals surface area contributed by atoms with Gasteiger partial charge < -0.3 is 9.53 Å². The number of nitrogens with zero attached hydrogens (tertiary/aromatic N) is 1. The lowest BCUT2D eigenvalue weighted by Crippen LogP contribution is -2.39. The highest BCUT2D eigenvalue weighted by molar-refractivity contribution is 6.00. The van der Waals surface area contributed by atoms with E-state index in [1.807, 2.05) is 6.07 Å². The molecule has 2 fully saturated rings. The maximum Gasteiger partial charge on any atom is 0.234 e. The topological polar surface area (TPSA) is 85.4 Å². The lowest BCUT2D eigenvalue weighted by Gasteiger charge is -2.26. The second-order valence-electron chi connectivity index (χ2n) is 6.22. The molecule has 1 aromatic rings. The summed E-state index contributed by atoms with van der Waals surface area (Å²) in [5.74, 6) is -0.0976. The summed E-state index contributed by atoms with van der Waals surface area (Å²) in [6.07, 6.45) is 7.09. The van der Waals surface area contributed by atoms with Crippen LogP contribution in [0.15, 0.2) is 18.3 Å². The van der Waals surface area contributed by atoms with Crippen LogP contribution in [0, 0.1) is 5.92 Å². The molecule has 0 aromatic carbocycles. The van der Waals surface area contributed by atoms with Gasteiger partial charge in [0.2, 0.25) is 17.7 Å². The fourth-order valence-electron chi connectivity index (χ4n) is 3.19. The van der Waals surface area contributed by atoms with Gasteiger partial charge in [0, 0.05) is 24.6 Å². The molecular weight excluding hydrogens is 296 g/mol. The Morgan fingerprint density at radius 3 is 2.52 bits per heavy atom. The number of nitrogens with one attached hydrogen (secondary N) is 1. The molecule has 0 radical (unpaired) electrons. The minimum atomic E-state index is -0.322. The van der Waals surface area contributed by atoms with Gasteiger partial charge in [-0.3, -0.25) is 14.9 Å². The lowest BCUT2D eigenvalue weighted by atomic mass is 9.88. The third-order valence-corrected chi connectivity index (χ3v) is 4.60. The summed E-state index contributed by atoms with van der Waals surface area (Å²) < 4.78 is 5.85. The number of piperidine rings is 1. The second-order valence-corrected chi connectivity index (χ2v) is 6.22. The van der Waals surface area contributed by atoms with Gasteiger partial charge in [0.15, 0.2) is 0 Å². The minimum absolute atomic E-state index is 0.0974. The number of rotatable bonds is 4. The first kappa shape index (κ1) is 15.6. The van der Waals surface area contributed by atoms with E-state index in [2.05, 4.69) is 10.3 Å². The van der Waals surface area contributed by atoms with Crippen LogP contribution in [-0.4, -0.2) is 29.2 Å². The molecule has 2 amide bonds. The molecule has 122 valence electrons. The SMILES string of the molecule is O=CC1CCC(Oc2ccc(C3CCC(=O)NC3=O)cn2)CC1. The van der Waals surface area contributed by atoms with Gasteiger partial charge in [0.05, 0.1) is 5.92 Å². The van der Waals surface area contributed by atoms with Crippen LogP contribution >= 0.6 is 0 Å². The van der Waals surface area contributed by atoms with E-state index in [0.29, 0.717) is 18.7 Å². The van der Waals surface area contributed by atoms with E-state index in [0.717, 1.165) is 37.5 Å². The minimum Gasteiger partial charge on any atom is -0.474 e. The first-order chi connectivity index (χ1) is 11.2. The van der Waals surface area contributed by atoms with Gasteiger partial charge >= 0.3 is 0 Å². The zero-order valence-corrected chi connectivity index (χ0v) is 12.9. The van der Waals surface area contributed by atoms with Crippen LogP contribution in [0.3, 0.4) is 0 Å². The number of aromatic nitrogens is 1. The molecule has 1 aliphatic carbocycles. The van der Waals surface area contributed by atoms with E-state index in [9.17, 15) is 14.4 Å². The largest absolute Gasteiger partial charge is 0.474 e. The first-order valence-corrected chi connectivity index (χ1v) is 8.07. The third-order valence-electron chi connectivity index (χ3n) is 4.60.